The zero-order chi connectivity index (χ0) is 16.9. The van der Waals surface area contributed by atoms with Crippen molar-refractivity contribution in [2.45, 2.75) is 12.5 Å². The Morgan fingerprint density at radius 3 is 2.38 bits per heavy atom. The Kier molecular flexibility index (Phi) is 4.96. The average molecular weight is 340 g/mol. The quantitative estimate of drug-likeness (QED) is 0.768. The fourth-order valence-electron chi connectivity index (χ4n) is 2.59. The molecule has 0 aliphatic rings. The molecule has 0 saturated heterocycles. The number of rotatable bonds is 5. The van der Waals surface area contributed by atoms with Gasteiger partial charge in [0.2, 0.25) is 0 Å². The van der Waals surface area contributed by atoms with Gasteiger partial charge in [0, 0.05) is 7.05 Å². The Hall–Kier alpha value is -2.59. The van der Waals surface area contributed by atoms with E-state index in [-0.39, 0.29) is 16.6 Å². The van der Waals surface area contributed by atoms with Gasteiger partial charge in [-0.1, -0.05) is 72.3 Å². The highest BCUT2D eigenvalue weighted by Gasteiger charge is 2.15. The summed E-state index contributed by atoms with van der Waals surface area (Å²) in [6.07, 6.45) is 2.36. The number of benzene rings is 2. The molecule has 5 heteroatoms. The van der Waals surface area contributed by atoms with Crippen LogP contribution in [0.3, 0.4) is 0 Å². The van der Waals surface area contributed by atoms with Crippen LogP contribution in [0, 0.1) is 0 Å². The average Bonchev–Trinajstić information content (AvgIpc) is 2.63. The lowest BCUT2D eigenvalue weighted by Gasteiger charge is -2.21. The first kappa shape index (κ1) is 16.3. The van der Waals surface area contributed by atoms with Gasteiger partial charge in [-0.2, -0.15) is 5.10 Å². The number of nitrogens with zero attached hydrogens (tertiary/aromatic N) is 2. The monoisotopic (exact) mass is 339 g/mol. The number of hydrogen-bond acceptors (Lipinski definition) is 3. The standard InChI is InChI=1S/C19H18ClN3O/c1-23-19(24)18(20)17(13-21-23)22-16(15-10-6-3-7-11-15)12-14-8-4-2-5-9-14/h2-11,13,16,22H,12H2,1H3/t16-/m1/s1. The van der Waals surface area contributed by atoms with Gasteiger partial charge in [0.25, 0.3) is 5.56 Å². The van der Waals surface area contributed by atoms with E-state index in [0.29, 0.717) is 5.69 Å². The van der Waals surface area contributed by atoms with Crippen LogP contribution in [0.1, 0.15) is 17.2 Å². The minimum atomic E-state index is -0.312. The predicted octanol–water partition coefficient (Wildman–Crippen LogP) is 3.83. The number of nitrogens with one attached hydrogen (secondary N) is 1. The zero-order valence-corrected chi connectivity index (χ0v) is 14.1. The minimum absolute atomic E-state index is 0.0139. The van der Waals surface area contributed by atoms with Crippen molar-refractivity contribution >= 4 is 17.3 Å². The highest BCUT2D eigenvalue weighted by atomic mass is 35.5. The summed E-state index contributed by atoms with van der Waals surface area (Å²) in [6.45, 7) is 0. The summed E-state index contributed by atoms with van der Waals surface area (Å²) in [5.74, 6) is 0. The van der Waals surface area contributed by atoms with Crippen molar-refractivity contribution in [2.75, 3.05) is 5.32 Å². The zero-order valence-electron chi connectivity index (χ0n) is 13.3. The van der Waals surface area contributed by atoms with Gasteiger partial charge >= 0.3 is 0 Å². The molecule has 0 radical (unpaired) electrons. The van der Waals surface area contributed by atoms with Gasteiger partial charge in [0.05, 0.1) is 17.9 Å². The molecular formula is C19H18ClN3O. The molecule has 24 heavy (non-hydrogen) atoms. The summed E-state index contributed by atoms with van der Waals surface area (Å²) < 4.78 is 1.22. The predicted molar refractivity (Wildman–Crippen MR) is 97.4 cm³/mol. The summed E-state index contributed by atoms with van der Waals surface area (Å²) in [5.41, 5.74) is 2.56. The maximum Gasteiger partial charge on any atom is 0.287 e. The molecule has 0 bridgehead atoms. The SMILES string of the molecule is Cn1ncc(N[C@H](Cc2ccccc2)c2ccccc2)c(Cl)c1=O. The molecule has 1 aromatic heterocycles. The normalized spacial score (nSPS) is 11.9. The summed E-state index contributed by atoms with van der Waals surface area (Å²) in [6, 6.07) is 20.3. The summed E-state index contributed by atoms with van der Waals surface area (Å²) >= 11 is 6.20. The molecule has 3 aromatic rings. The highest BCUT2D eigenvalue weighted by molar-refractivity contribution is 6.32. The van der Waals surface area contributed by atoms with Crippen molar-refractivity contribution in [3.05, 3.63) is 93.4 Å². The van der Waals surface area contributed by atoms with Crippen LogP contribution in [-0.2, 0) is 13.5 Å². The van der Waals surface area contributed by atoms with Crippen LogP contribution in [0.2, 0.25) is 5.02 Å². The Morgan fingerprint density at radius 2 is 1.71 bits per heavy atom. The van der Waals surface area contributed by atoms with Gasteiger partial charge < -0.3 is 5.32 Å². The van der Waals surface area contributed by atoms with Crippen LogP contribution in [0.5, 0.6) is 0 Å². The number of anilines is 1. The number of aromatic nitrogens is 2. The molecule has 0 spiro atoms. The molecule has 0 aliphatic carbocycles. The minimum Gasteiger partial charge on any atom is -0.375 e. The smallest absolute Gasteiger partial charge is 0.287 e. The van der Waals surface area contributed by atoms with E-state index in [1.165, 1.54) is 10.2 Å². The first-order valence-corrected chi connectivity index (χ1v) is 8.10. The van der Waals surface area contributed by atoms with Crippen molar-refractivity contribution in [2.24, 2.45) is 7.05 Å². The third-order valence-corrected chi connectivity index (χ3v) is 4.26. The van der Waals surface area contributed by atoms with Crippen LogP contribution in [0.15, 0.2) is 71.7 Å². The van der Waals surface area contributed by atoms with E-state index in [1.54, 1.807) is 13.2 Å². The largest absolute Gasteiger partial charge is 0.375 e. The van der Waals surface area contributed by atoms with Crippen LogP contribution >= 0.6 is 11.6 Å². The first-order valence-electron chi connectivity index (χ1n) is 7.72. The summed E-state index contributed by atoms with van der Waals surface area (Å²) in [4.78, 5) is 12.0. The summed E-state index contributed by atoms with van der Waals surface area (Å²) in [7, 11) is 1.58. The first-order chi connectivity index (χ1) is 11.6. The van der Waals surface area contributed by atoms with Crippen LogP contribution in [0.4, 0.5) is 5.69 Å². The van der Waals surface area contributed by atoms with Crippen LogP contribution < -0.4 is 10.9 Å². The molecular weight excluding hydrogens is 322 g/mol. The van der Waals surface area contributed by atoms with E-state index < -0.39 is 0 Å². The molecule has 1 N–H and O–H groups in total. The fraction of sp³-hybridized carbons (Fsp3) is 0.158. The van der Waals surface area contributed by atoms with Gasteiger partial charge in [-0.3, -0.25) is 4.79 Å². The van der Waals surface area contributed by atoms with Crippen molar-refractivity contribution in [1.29, 1.82) is 0 Å². The van der Waals surface area contributed by atoms with Crippen LogP contribution in [-0.4, -0.2) is 9.78 Å². The Labute approximate surface area is 145 Å². The molecule has 4 nitrogen and oxygen atoms in total. The fourth-order valence-corrected chi connectivity index (χ4v) is 2.81. The molecule has 122 valence electrons. The van der Waals surface area contributed by atoms with Gasteiger partial charge in [0.1, 0.15) is 5.02 Å². The number of hydrogen-bond donors (Lipinski definition) is 1. The van der Waals surface area contributed by atoms with Gasteiger partial charge in [-0.05, 0) is 17.5 Å². The molecule has 0 unspecified atom stereocenters. The molecule has 1 heterocycles. The van der Waals surface area contributed by atoms with E-state index in [0.717, 1.165) is 12.0 Å². The van der Waals surface area contributed by atoms with Gasteiger partial charge in [-0.25, -0.2) is 4.68 Å². The molecule has 2 aromatic carbocycles. The van der Waals surface area contributed by atoms with Crippen LogP contribution in [0.25, 0.3) is 0 Å². The van der Waals surface area contributed by atoms with E-state index in [2.05, 4.69) is 34.7 Å². The Balaban J connectivity index is 1.93. The van der Waals surface area contributed by atoms with E-state index in [9.17, 15) is 4.79 Å². The summed E-state index contributed by atoms with van der Waals surface area (Å²) in [5, 5.41) is 7.58. The molecule has 0 saturated carbocycles. The van der Waals surface area contributed by atoms with Crippen molar-refractivity contribution in [1.82, 2.24) is 9.78 Å². The lowest BCUT2D eigenvalue weighted by atomic mass is 9.98. The third kappa shape index (κ3) is 3.66. The molecule has 3 rings (SSSR count). The maximum absolute atomic E-state index is 12.0. The topological polar surface area (TPSA) is 46.9 Å². The Bertz CT molecular complexity index is 863. The molecule has 0 amide bonds. The Morgan fingerprint density at radius 1 is 1.08 bits per heavy atom. The second-order valence-corrected chi connectivity index (χ2v) is 5.98. The van der Waals surface area contributed by atoms with E-state index >= 15 is 0 Å². The number of halogens is 1. The molecule has 0 fully saturated rings. The van der Waals surface area contributed by atoms with Crippen molar-refractivity contribution in [3.8, 4) is 0 Å². The van der Waals surface area contributed by atoms with Crippen molar-refractivity contribution < 1.29 is 0 Å². The lowest BCUT2D eigenvalue weighted by Crippen LogP contribution is -2.22. The van der Waals surface area contributed by atoms with Crippen molar-refractivity contribution in [3.63, 3.8) is 0 Å². The molecule has 1 atom stereocenters. The lowest BCUT2D eigenvalue weighted by molar-refractivity contribution is 0.703. The maximum atomic E-state index is 12.0. The van der Waals surface area contributed by atoms with Gasteiger partial charge in [-0.15, -0.1) is 0 Å². The van der Waals surface area contributed by atoms with E-state index in [4.69, 9.17) is 11.6 Å². The highest BCUT2D eigenvalue weighted by Crippen LogP contribution is 2.26. The van der Waals surface area contributed by atoms with E-state index in [1.807, 2.05) is 36.4 Å². The second-order valence-electron chi connectivity index (χ2n) is 5.60. The third-order valence-electron chi connectivity index (χ3n) is 3.89. The van der Waals surface area contributed by atoms with Gasteiger partial charge in [0.15, 0.2) is 0 Å². The number of aryl methyl sites for hydroxylation is 1. The molecule has 0 aliphatic heterocycles. The second kappa shape index (κ2) is 7.32.